The largest absolute Gasteiger partial charge is 0.478 e. The fourth-order valence-electron chi connectivity index (χ4n) is 3.17. The lowest BCUT2D eigenvalue weighted by Gasteiger charge is -2.25. The van der Waals surface area contributed by atoms with E-state index in [1.807, 2.05) is 0 Å². The van der Waals surface area contributed by atoms with Gasteiger partial charge in [-0.2, -0.15) is 0 Å². The van der Waals surface area contributed by atoms with Crippen molar-refractivity contribution in [3.8, 4) is 0 Å². The van der Waals surface area contributed by atoms with Crippen LogP contribution < -0.4 is 0 Å². The highest BCUT2D eigenvalue weighted by Crippen LogP contribution is 2.22. The van der Waals surface area contributed by atoms with E-state index in [9.17, 15) is 19.8 Å². The molecule has 0 saturated carbocycles. The minimum Gasteiger partial charge on any atom is -0.478 e. The number of carboxylic acids is 1. The molecular formula is C22H42O5. The lowest BCUT2D eigenvalue weighted by atomic mass is 9.97. The normalized spacial score (nSPS) is 14.5. The van der Waals surface area contributed by atoms with E-state index in [0.29, 0.717) is 6.42 Å². The molecule has 2 atom stereocenters. The Balaban J connectivity index is 3.63. The van der Waals surface area contributed by atoms with Crippen LogP contribution in [0, 0.1) is 0 Å². The second-order valence-corrected chi connectivity index (χ2v) is 7.98. The summed E-state index contributed by atoms with van der Waals surface area (Å²) < 4.78 is 4.99. The first kappa shape index (κ1) is 25.9. The van der Waals surface area contributed by atoms with E-state index in [4.69, 9.17) is 4.74 Å². The number of unbranched alkanes of at least 4 members (excludes halogenated alkanes) is 13. The van der Waals surface area contributed by atoms with E-state index >= 15 is 0 Å². The van der Waals surface area contributed by atoms with Gasteiger partial charge in [-0.05, 0) is 26.7 Å². The summed E-state index contributed by atoms with van der Waals surface area (Å²) in [5.74, 6) is -2.04. The van der Waals surface area contributed by atoms with Gasteiger partial charge in [0, 0.05) is 0 Å². The smallest absolute Gasteiger partial charge is 0.347 e. The van der Waals surface area contributed by atoms with E-state index in [2.05, 4.69) is 6.92 Å². The van der Waals surface area contributed by atoms with Crippen LogP contribution in [-0.2, 0) is 14.3 Å². The van der Waals surface area contributed by atoms with Crippen molar-refractivity contribution in [3.05, 3.63) is 0 Å². The van der Waals surface area contributed by atoms with Crippen LogP contribution in [0.25, 0.3) is 0 Å². The molecule has 0 aliphatic heterocycles. The lowest BCUT2D eigenvalue weighted by Crippen LogP contribution is -2.42. The molecular weight excluding hydrogens is 344 g/mol. The number of carboxylic acid groups (broad SMARTS) is 1. The molecule has 0 fully saturated rings. The highest BCUT2D eigenvalue weighted by Gasteiger charge is 2.37. The van der Waals surface area contributed by atoms with Gasteiger partial charge in [0.2, 0.25) is 5.60 Å². The number of aliphatic carboxylic acids is 1. The number of aliphatic hydroxyl groups excluding tert-OH is 1. The second-order valence-electron chi connectivity index (χ2n) is 7.98. The number of ether oxygens (including phenoxy) is 1. The van der Waals surface area contributed by atoms with E-state index in [-0.39, 0.29) is 6.42 Å². The van der Waals surface area contributed by atoms with Crippen molar-refractivity contribution in [2.45, 2.75) is 129 Å². The molecule has 0 saturated heterocycles. The zero-order valence-corrected chi connectivity index (χ0v) is 17.8. The number of aliphatic hydroxyl groups is 1. The second kappa shape index (κ2) is 15.9. The minimum absolute atomic E-state index is 0.277. The molecule has 0 spiro atoms. The molecule has 5 nitrogen and oxygen atoms in total. The average Bonchev–Trinajstić information content (AvgIpc) is 2.61. The van der Waals surface area contributed by atoms with E-state index in [1.165, 1.54) is 84.5 Å². The minimum atomic E-state index is -1.55. The fraction of sp³-hybridized carbons (Fsp3) is 0.909. The van der Waals surface area contributed by atoms with Gasteiger partial charge >= 0.3 is 11.9 Å². The van der Waals surface area contributed by atoms with Crippen molar-refractivity contribution in [2.75, 3.05) is 0 Å². The summed E-state index contributed by atoms with van der Waals surface area (Å²) >= 11 is 0. The van der Waals surface area contributed by atoms with Gasteiger partial charge in [-0.3, -0.25) is 0 Å². The number of esters is 1. The topological polar surface area (TPSA) is 83.8 Å². The van der Waals surface area contributed by atoms with Crippen LogP contribution in [0.4, 0.5) is 0 Å². The third-order valence-corrected chi connectivity index (χ3v) is 5.13. The number of carbonyl (C=O) groups excluding carboxylic acids is 1. The number of hydrogen-bond donors (Lipinski definition) is 2. The quantitative estimate of drug-likeness (QED) is 0.236. The molecule has 2 unspecified atom stereocenters. The summed E-state index contributed by atoms with van der Waals surface area (Å²) in [7, 11) is 0. The van der Waals surface area contributed by atoms with E-state index in [1.54, 1.807) is 0 Å². The van der Waals surface area contributed by atoms with E-state index in [0.717, 1.165) is 12.8 Å². The number of carbonyl (C=O) groups is 2. The third-order valence-electron chi connectivity index (χ3n) is 5.13. The standard InChI is InChI=1S/C22H42O5/c1-4-5-6-7-8-9-10-11-12-13-14-15-16-17-18-22(3,21(25)26)27-20(24)19(2)23/h19,23H,4-18H2,1-3H3,(H,25,26). The molecule has 5 heteroatoms. The first-order chi connectivity index (χ1) is 12.8. The molecule has 0 amide bonds. The van der Waals surface area contributed by atoms with Gasteiger partial charge in [0.05, 0.1) is 0 Å². The predicted molar refractivity (Wildman–Crippen MR) is 109 cm³/mol. The van der Waals surface area contributed by atoms with Crippen molar-refractivity contribution in [1.82, 2.24) is 0 Å². The Hall–Kier alpha value is -1.10. The average molecular weight is 387 g/mol. The summed E-state index contributed by atoms with van der Waals surface area (Å²) in [6.07, 6.45) is 16.2. The summed E-state index contributed by atoms with van der Waals surface area (Å²) in [6.45, 7) is 4.92. The van der Waals surface area contributed by atoms with Gasteiger partial charge in [-0.15, -0.1) is 0 Å². The van der Waals surface area contributed by atoms with Gasteiger partial charge in [0.25, 0.3) is 0 Å². The maximum absolute atomic E-state index is 11.5. The van der Waals surface area contributed by atoms with Crippen molar-refractivity contribution >= 4 is 11.9 Å². The van der Waals surface area contributed by atoms with Gasteiger partial charge in [-0.1, -0.05) is 90.4 Å². The SMILES string of the molecule is CCCCCCCCCCCCCCCCC(C)(OC(=O)C(C)O)C(=O)O. The van der Waals surface area contributed by atoms with Gasteiger partial charge in [0.15, 0.2) is 0 Å². The van der Waals surface area contributed by atoms with Crippen LogP contribution >= 0.6 is 0 Å². The van der Waals surface area contributed by atoms with Crippen LogP contribution in [0.15, 0.2) is 0 Å². The molecule has 0 aromatic rings. The molecule has 0 radical (unpaired) electrons. The van der Waals surface area contributed by atoms with Crippen molar-refractivity contribution < 1.29 is 24.5 Å². The molecule has 0 aliphatic rings. The summed E-state index contributed by atoms with van der Waals surface area (Å²) in [6, 6.07) is 0. The molecule has 0 bridgehead atoms. The molecule has 2 N–H and O–H groups in total. The summed E-state index contributed by atoms with van der Waals surface area (Å²) in [5.41, 5.74) is -1.55. The maximum Gasteiger partial charge on any atom is 0.347 e. The first-order valence-corrected chi connectivity index (χ1v) is 11.0. The summed E-state index contributed by atoms with van der Waals surface area (Å²) in [5, 5.41) is 18.5. The Kier molecular flexibility index (Phi) is 15.3. The first-order valence-electron chi connectivity index (χ1n) is 11.0. The molecule has 160 valence electrons. The van der Waals surface area contributed by atoms with Crippen LogP contribution in [0.1, 0.15) is 117 Å². The molecule has 0 heterocycles. The van der Waals surface area contributed by atoms with Gasteiger partial charge in [-0.25, -0.2) is 9.59 Å². The third kappa shape index (κ3) is 13.7. The Bertz CT molecular complexity index is 394. The number of hydrogen-bond acceptors (Lipinski definition) is 4. The monoisotopic (exact) mass is 386 g/mol. The van der Waals surface area contributed by atoms with Crippen molar-refractivity contribution in [1.29, 1.82) is 0 Å². The van der Waals surface area contributed by atoms with Crippen molar-refractivity contribution in [2.24, 2.45) is 0 Å². The van der Waals surface area contributed by atoms with Crippen molar-refractivity contribution in [3.63, 3.8) is 0 Å². The summed E-state index contributed by atoms with van der Waals surface area (Å²) in [4.78, 5) is 22.9. The zero-order chi connectivity index (χ0) is 20.5. The molecule has 0 rings (SSSR count). The molecule has 0 aromatic heterocycles. The van der Waals surface area contributed by atoms with Gasteiger partial charge in [0.1, 0.15) is 6.10 Å². The van der Waals surface area contributed by atoms with E-state index < -0.39 is 23.6 Å². The number of rotatable bonds is 18. The molecule has 0 aliphatic carbocycles. The van der Waals surface area contributed by atoms with Crippen LogP contribution in [0.3, 0.4) is 0 Å². The zero-order valence-electron chi connectivity index (χ0n) is 17.8. The lowest BCUT2D eigenvalue weighted by molar-refractivity contribution is -0.182. The van der Waals surface area contributed by atoms with Crippen LogP contribution in [0.5, 0.6) is 0 Å². The Labute approximate surface area is 165 Å². The molecule has 0 aromatic carbocycles. The Morgan fingerprint density at radius 3 is 1.52 bits per heavy atom. The fourth-order valence-corrected chi connectivity index (χ4v) is 3.17. The van der Waals surface area contributed by atoms with Crippen LogP contribution in [0.2, 0.25) is 0 Å². The Morgan fingerprint density at radius 1 is 0.815 bits per heavy atom. The van der Waals surface area contributed by atoms with Crippen LogP contribution in [-0.4, -0.2) is 33.9 Å². The maximum atomic E-state index is 11.5. The predicted octanol–water partition coefficient (Wildman–Crippen LogP) is 5.63. The Morgan fingerprint density at radius 2 is 1.19 bits per heavy atom. The van der Waals surface area contributed by atoms with Gasteiger partial charge < -0.3 is 14.9 Å². The highest BCUT2D eigenvalue weighted by atomic mass is 16.6. The highest BCUT2D eigenvalue weighted by molar-refractivity contribution is 5.82. The molecule has 27 heavy (non-hydrogen) atoms.